The number of ether oxygens (including phenoxy) is 1. The summed E-state index contributed by atoms with van der Waals surface area (Å²) in [5.41, 5.74) is 1.96. The Kier molecular flexibility index (Phi) is 6.45. The number of carbonyl (C=O) groups excluding carboxylic acids is 2. The van der Waals surface area contributed by atoms with Crippen molar-refractivity contribution in [1.29, 1.82) is 0 Å². The van der Waals surface area contributed by atoms with Crippen molar-refractivity contribution in [2.45, 2.75) is 45.1 Å². The van der Waals surface area contributed by atoms with Crippen molar-refractivity contribution >= 4 is 24.0 Å². The largest absolute Gasteiger partial charge is 0.483 e. The van der Waals surface area contributed by atoms with Crippen molar-refractivity contribution in [3.05, 3.63) is 35.8 Å². The lowest BCUT2D eigenvalue weighted by atomic mass is 9.76. The molecule has 2 aromatic rings. The molecule has 172 valence electrons. The standard InChI is InChI=1S/C22H28N4O3.CH2O2/c1-16-4-5-19-23-18(15-26(19)13-16)20(27)25-10-6-22(7-11-25)12-17(29-21(22)28)14-24-8-2-3-9-24;2-1-3/h4-5,13,15,17H,2-3,6-12,14H2,1H3;1H,(H,2,3). The van der Waals surface area contributed by atoms with E-state index in [9.17, 15) is 9.59 Å². The first-order valence-corrected chi connectivity index (χ1v) is 11.2. The predicted octanol–water partition coefficient (Wildman–Crippen LogP) is 1.98. The third-order valence-electron chi connectivity index (χ3n) is 6.81. The first-order chi connectivity index (χ1) is 15.4. The zero-order valence-corrected chi connectivity index (χ0v) is 18.4. The molecule has 5 heterocycles. The van der Waals surface area contributed by atoms with E-state index in [0.29, 0.717) is 31.6 Å². The SMILES string of the molecule is Cc1ccc2nc(C(=O)N3CCC4(CC3)CC(CN3CCCC3)OC4=O)cn2c1.O=CO. The number of amides is 1. The molecular formula is C23H30N4O5. The summed E-state index contributed by atoms with van der Waals surface area (Å²) in [5, 5.41) is 6.89. The molecule has 1 atom stereocenters. The van der Waals surface area contributed by atoms with Crippen LogP contribution < -0.4 is 0 Å². The maximum absolute atomic E-state index is 13.0. The highest BCUT2D eigenvalue weighted by Gasteiger charge is 2.51. The Labute approximate surface area is 187 Å². The molecule has 1 unspecified atom stereocenters. The fourth-order valence-electron chi connectivity index (χ4n) is 5.11. The Morgan fingerprint density at radius 1 is 1.22 bits per heavy atom. The molecule has 5 rings (SSSR count). The molecule has 2 aromatic heterocycles. The van der Waals surface area contributed by atoms with Gasteiger partial charge in [-0.2, -0.15) is 0 Å². The van der Waals surface area contributed by atoms with Crippen molar-refractivity contribution in [3.8, 4) is 0 Å². The highest BCUT2D eigenvalue weighted by molar-refractivity contribution is 5.93. The number of carboxylic acid groups (broad SMARTS) is 1. The second kappa shape index (κ2) is 9.28. The maximum Gasteiger partial charge on any atom is 0.312 e. The zero-order chi connectivity index (χ0) is 22.7. The van der Waals surface area contributed by atoms with E-state index < -0.39 is 5.41 Å². The van der Waals surface area contributed by atoms with Gasteiger partial charge in [0.1, 0.15) is 17.4 Å². The van der Waals surface area contributed by atoms with Crippen molar-refractivity contribution in [2.24, 2.45) is 5.41 Å². The summed E-state index contributed by atoms with van der Waals surface area (Å²) in [6, 6.07) is 3.91. The topological polar surface area (TPSA) is 104 Å². The van der Waals surface area contributed by atoms with Gasteiger partial charge in [0.2, 0.25) is 0 Å². The van der Waals surface area contributed by atoms with E-state index in [4.69, 9.17) is 14.6 Å². The normalized spacial score (nSPS) is 22.6. The van der Waals surface area contributed by atoms with Gasteiger partial charge in [-0.05, 0) is 57.3 Å². The monoisotopic (exact) mass is 442 g/mol. The number of fused-ring (bicyclic) bond motifs is 1. The second-order valence-electron chi connectivity index (χ2n) is 9.02. The lowest BCUT2D eigenvalue weighted by Gasteiger charge is -2.36. The van der Waals surface area contributed by atoms with Gasteiger partial charge in [-0.25, -0.2) is 4.98 Å². The van der Waals surface area contributed by atoms with Crippen LogP contribution >= 0.6 is 0 Å². The Morgan fingerprint density at radius 2 is 1.91 bits per heavy atom. The number of esters is 1. The first kappa shape index (κ1) is 22.3. The summed E-state index contributed by atoms with van der Waals surface area (Å²) in [4.78, 5) is 42.7. The molecule has 1 N–H and O–H groups in total. The number of imidazole rings is 1. The van der Waals surface area contributed by atoms with Crippen LogP contribution in [0.25, 0.3) is 5.65 Å². The summed E-state index contributed by atoms with van der Waals surface area (Å²) in [7, 11) is 0. The molecule has 3 aliphatic heterocycles. The van der Waals surface area contributed by atoms with Crippen LogP contribution in [0.5, 0.6) is 0 Å². The smallest absolute Gasteiger partial charge is 0.312 e. The number of aromatic nitrogens is 2. The second-order valence-corrected chi connectivity index (χ2v) is 9.02. The predicted molar refractivity (Wildman–Crippen MR) is 116 cm³/mol. The van der Waals surface area contributed by atoms with E-state index >= 15 is 0 Å². The van der Waals surface area contributed by atoms with Crippen LogP contribution in [0.2, 0.25) is 0 Å². The van der Waals surface area contributed by atoms with E-state index in [2.05, 4.69) is 9.88 Å². The lowest BCUT2D eigenvalue weighted by Crippen LogP contribution is -2.45. The van der Waals surface area contributed by atoms with Gasteiger partial charge in [0.15, 0.2) is 0 Å². The van der Waals surface area contributed by atoms with Crippen LogP contribution in [-0.4, -0.2) is 81.5 Å². The molecule has 0 radical (unpaired) electrons. The molecule has 0 aromatic carbocycles. The van der Waals surface area contributed by atoms with E-state index in [0.717, 1.165) is 37.3 Å². The van der Waals surface area contributed by atoms with Crippen LogP contribution in [0.1, 0.15) is 48.2 Å². The van der Waals surface area contributed by atoms with Crippen LogP contribution in [0.3, 0.4) is 0 Å². The van der Waals surface area contributed by atoms with E-state index in [-0.39, 0.29) is 24.5 Å². The zero-order valence-electron chi connectivity index (χ0n) is 18.4. The summed E-state index contributed by atoms with van der Waals surface area (Å²) < 4.78 is 7.64. The quantitative estimate of drug-likeness (QED) is 0.572. The number of piperidine rings is 1. The van der Waals surface area contributed by atoms with Gasteiger partial charge in [-0.3, -0.25) is 19.3 Å². The number of hydrogen-bond acceptors (Lipinski definition) is 6. The van der Waals surface area contributed by atoms with Gasteiger partial charge >= 0.3 is 5.97 Å². The molecule has 32 heavy (non-hydrogen) atoms. The number of carbonyl (C=O) groups is 3. The summed E-state index contributed by atoms with van der Waals surface area (Å²) >= 11 is 0. The number of likely N-dealkylation sites (tertiary alicyclic amines) is 2. The maximum atomic E-state index is 13.0. The fourth-order valence-corrected chi connectivity index (χ4v) is 5.11. The van der Waals surface area contributed by atoms with Gasteiger partial charge in [0.05, 0.1) is 5.41 Å². The molecule has 3 fully saturated rings. The molecule has 0 aliphatic carbocycles. The van der Waals surface area contributed by atoms with Crippen LogP contribution in [0.15, 0.2) is 24.5 Å². The first-order valence-electron chi connectivity index (χ1n) is 11.2. The third kappa shape index (κ3) is 4.48. The fraction of sp³-hybridized carbons (Fsp3) is 0.565. The molecule has 3 saturated heterocycles. The minimum Gasteiger partial charge on any atom is -0.483 e. The number of rotatable bonds is 3. The van der Waals surface area contributed by atoms with Crippen LogP contribution in [-0.2, 0) is 14.3 Å². The highest BCUT2D eigenvalue weighted by atomic mass is 16.6. The Bertz CT molecular complexity index is 989. The van der Waals surface area contributed by atoms with Gasteiger partial charge < -0.3 is 19.1 Å². The van der Waals surface area contributed by atoms with Gasteiger partial charge in [0.25, 0.3) is 12.4 Å². The molecule has 9 heteroatoms. The van der Waals surface area contributed by atoms with Crippen molar-refractivity contribution in [2.75, 3.05) is 32.7 Å². The third-order valence-corrected chi connectivity index (χ3v) is 6.81. The number of aryl methyl sites for hydroxylation is 1. The highest BCUT2D eigenvalue weighted by Crippen LogP contribution is 2.43. The van der Waals surface area contributed by atoms with E-state index in [1.165, 1.54) is 12.8 Å². The molecule has 9 nitrogen and oxygen atoms in total. The van der Waals surface area contributed by atoms with E-state index in [1.54, 1.807) is 6.20 Å². The molecule has 0 saturated carbocycles. The van der Waals surface area contributed by atoms with Gasteiger partial charge in [-0.1, -0.05) is 6.07 Å². The van der Waals surface area contributed by atoms with Crippen LogP contribution in [0.4, 0.5) is 0 Å². The number of cyclic esters (lactones) is 1. The summed E-state index contributed by atoms with van der Waals surface area (Å²) in [6.07, 6.45) is 8.41. The number of hydrogen-bond donors (Lipinski definition) is 1. The van der Waals surface area contributed by atoms with Gasteiger partial charge in [0, 0.05) is 38.4 Å². The summed E-state index contributed by atoms with van der Waals surface area (Å²) in [6.45, 7) is 6.01. The van der Waals surface area contributed by atoms with Crippen molar-refractivity contribution in [3.63, 3.8) is 0 Å². The Balaban J connectivity index is 0.000000775. The van der Waals surface area contributed by atoms with Crippen molar-refractivity contribution in [1.82, 2.24) is 19.2 Å². The Morgan fingerprint density at radius 3 is 2.59 bits per heavy atom. The number of pyridine rings is 1. The minimum atomic E-state index is -0.406. The molecule has 1 amide bonds. The molecular weight excluding hydrogens is 412 g/mol. The average molecular weight is 443 g/mol. The average Bonchev–Trinajstić information content (AvgIpc) is 3.49. The molecule has 3 aliphatic rings. The lowest BCUT2D eigenvalue weighted by molar-refractivity contribution is -0.151. The molecule has 0 bridgehead atoms. The van der Waals surface area contributed by atoms with E-state index in [1.807, 2.05) is 34.6 Å². The molecule has 1 spiro atoms. The Hall–Kier alpha value is -2.94. The van der Waals surface area contributed by atoms with Crippen molar-refractivity contribution < 1.29 is 24.2 Å². The van der Waals surface area contributed by atoms with Crippen LogP contribution in [0, 0.1) is 12.3 Å². The number of nitrogens with zero attached hydrogens (tertiary/aromatic N) is 4. The summed E-state index contributed by atoms with van der Waals surface area (Å²) in [5.74, 6) is -0.113. The minimum absolute atomic E-state index is 0.00420. The van der Waals surface area contributed by atoms with Gasteiger partial charge in [-0.15, -0.1) is 0 Å².